The van der Waals surface area contributed by atoms with Gasteiger partial charge in [0.15, 0.2) is 5.69 Å². The quantitative estimate of drug-likeness (QED) is 0.853. The van der Waals surface area contributed by atoms with Crippen LogP contribution in [0.25, 0.3) is 0 Å². The maximum absolute atomic E-state index is 12.1. The van der Waals surface area contributed by atoms with Crippen molar-refractivity contribution in [3.63, 3.8) is 0 Å². The summed E-state index contributed by atoms with van der Waals surface area (Å²) in [7, 11) is 0. The molecule has 1 aromatic heterocycles. The predicted octanol–water partition coefficient (Wildman–Crippen LogP) is 1.90. The van der Waals surface area contributed by atoms with E-state index < -0.39 is 5.97 Å². The summed E-state index contributed by atoms with van der Waals surface area (Å²) in [6, 6.07) is 2.86. The second-order valence-corrected chi connectivity index (χ2v) is 4.99. The number of aromatic carboxylic acids is 1. The highest BCUT2D eigenvalue weighted by molar-refractivity contribution is 5.98. The Morgan fingerprint density at radius 2 is 2.00 bits per heavy atom. The molecule has 2 atom stereocenters. The van der Waals surface area contributed by atoms with Crippen LogP contribution in [0, 0.1) is 11.8 Å². The maximum Gasteiger partial charge on any atom is 0.356 e. The van der Waals surface area contributed by atoms with E-state index in [1.54, 1.807) is 11.0 Å². The second-order valence-electron chi connectivity index (χ2n) is 4.99. The van der Waals surface area contributed by atoms with Crippen LogP contribution in [0.2, 0.25) is 0 Å². The molecule has 0 spiro atoms. The first-order valence-corrected chi connectivity index (χ1v) is 6.23. The van der Waals surface area contributed by atoms with Crippen LogP contribution in [0.5, 0.6) is 0 Å². The Bertz CT molecular complexity index is 494. The van der Waals surface area contributed by atoms with Crippen molar-refractivity contribution in [1.29, 1.82) is 0 Å². The van der Waals surface area contributed by atoms with Gasteiger partial charge in [0.2, 0.25) is 0 Å². The summed E-state index contributed by atoms with van der Waals surface area (Å²) in [4.78, 5) is 28.5. The Hall–Kier alpha value is -2.11. The normalized spacial score (nSPS) is 22.3. The van der Waals surface area contributed by atoms with E-state index in [0.717, 1.165) is 0 Å². The molecule has 1 aromatic rings. The van der Waals surface area contributed by atoms with E-state index >= 15 is 0 Å². The lowest BCUT2D eigenvalue weighted by Crippen LogP contribution is -2.33. The van der Waals surface area contributed by atoms with Gasteiger partial charge in [-0.25, -0.2) is 14.6 Å². The molecule has 2 rings (SSSR count). The first-order valence-electron chi connectivity index (χ1n) is 6.23. The van der Waals surface area contributed by atoms with E-state index in [0.29, 0.717) is 24.9 Å². The first-order chi connectivity index (χ1) is 8.99. The third kappa shape index (κ3) is 2.83. The molecule has 0 bridgehead atoms. The lowest BCUT2D eigenvalue weighted by molar-refractivity contribution is 0.0691. The molecule has 2 heterocycles. The zero-order chi connectivity index (χ0) is 14.0. The number of carboxylic acid groups (broad SMARTS) is 1. The van der Waals surface area contributed by atoms with Gasteiger partial charge in [-0.05, 0) is 24.0 Å². The molecule has 1 saturated heterocycles. The smallest absolute Gasteiger partial charge is 0.356 e. The van der Waals surface area contributed by atoms with Crippen LogP contribution >= 0.6 is 0 Å². The van der Waals surface area contributed by atoms with Gasteiger partial charge < -0.3 is 15.3 Å². The highest BCUT2D eigenvalue weighted by Crippen LogP contribution is 2.23. The highest BCUT2D eigenvalue weighted by atomic mass is 16.4. The Kier molecular flexibility index (Phi) is 3.69. The van der Waals surface area contributed by atoms with Gasteiger partial charge in [0.05, 0.1) is 5.69 Å². The Morgan fingerprint density at radius 3 is 2.58 bits per heavy atom. The molecule has 1 aliphatic heterocycles. The van der Waals surface area contributed by atoms with Crippen LogP contribution in [0.4, 0.5) is 10.5 Å². The summed E-state index contributed by atoms with van der Waals surface area (Å²) >= 11 is 0. The average molecular weight is 263 g/mol. The van der Waals surface area contributed by atoms with Crippen molar-refractivity contribution in [1.82, 2.24) is 9.88 Å². The Balaban J connectivity index is 2.10. The van der Waals surface area contributed by atoms with E-state index in [2.05, 4.69) is 24.1 Å². The van der Waals surface area contributed by atoms with Crippen molar-refractivity contribution >= 4 is 17.7 Å². The van der Waals surface area contributed by atoms with E-state index in [4.69, 9.17) is 5.11 Å². The maximum atomic E-state index is 12.1. The molecule has 2 amide bonds. The van der Waals surface area contributed by atoms with Gasteiger partial charge in [0.25, 0.3) is 0 Å². The summed E-state index contributed by atoms with van der Waals surface area (Å²) in [5, 5.41) is 11.6. The summed E-state index contributed by atoms with van der Waals surface area (Å²) in [5.74, 6) is -0.240. The van der Waals surface area contributed by atoms with Crippen molar-refractivity contribution in [3.8, 4) is 0 Å². The second kappa shape index (κ2) is 5.26. The molecule has 6 nitrogen and oxygen atoms in total. The average Bonchev–Trinajstić information content (AvgIpc) is 2.70. The number of rotatable bonds is 2. The van der Waals surface area contributed by atoms with Crippen molar-refractivity contribution < 1.29 is 14.7 Å². The molecule has 0 aromatic carbocycles. The van der Waals surface area contributed by atoms with Crippen LogP contribution in [0.15, 0.2) is 18.3 Å². The van der Waals surface area contributed by atoms with Crippen molar-refractivity contribution in [2.75, 3.05) is 18.4 Å². The topological polar surface area (TPSA) is 82.5 Å². The zero-order valence-electron chi connectivity index (χ0n) is 11.0. The van der Waals surface area contributed by atoms with Crippen LogP contribution in [-0.2, 0) is 0 Å². The number of hydrogen-bond acceptors (Lipinski definition) is 3. The molecule has 19 heavy (non-hydrogen) atoms. The number of hydrogen-bond donors (Lipinski definition) is 2. The van der Waals surface area contributed by atoms with Crippen LogP contribution in [0.3, 0.4) is 0 Å². The molecule has 0 aliphatic carbocycles. The van der Waals surface area contributed by atoms with Gasteiger partial charge in [-0.3, -0.25) is 0 Å². The van der Waals surface area contributed by atoms with Crippen LogP contribution < -0.4 is 5.32 Å². The summed E-state index contributed by atoms with van der Waals surface area (Å²) in [6.45, 7) is 5.58. The number of carboxylic acids is 1. The number of anilines is 1. The lowest BCUT2D eigenvalue weighted by Gasteiger charge is -2.17. The number of aromatic nitrogens is 1. The molecular weight excluding hydrogens is 246 g/mol. The monoisotopic (exact) mass is 263 g/mol. The van der Waals surface area contributed by atoms with E-state index in [9.17, 15) is 9.59 Å². The molecular formula is C13H17N3O3. The minimum absolute atomic E-state index is 0.142. The number of carbonyl (C=O) groups is 2. The van der Waals surface area contributed by atoms with E-state index in [1.165, 1.54) is 12.3 Å². The van der Waals surface area contributed by atoms with E-state index in [-0.39, 0.29) is 17.4 Å². The van der Waals surface area contributed by atoms with Gasteiger partial charge >= 0.3 is 12.0 Å². The molecule has 2 N–H and O–H groups in total. The van der Waals surface area contributed by atoms with E-state index in [1.807, 2.05) is 0 Å². The van der Waals surface area contributed by atoms with Crippen molar-refractivity contribution in [2.45, 2.75) is 13.8 Å². The number of likely N-dealkylation sites (tertiary alicyclic amines) is 1. The fourth-order valence-corrected chi connectivity index (χ4v) is 2.17. The molecule has 0 radical (unpaired) electrons. The third-order valence-corrected chi connectivity index (χ3v) is 3.53. The van der Waals surface area contributed by atoms with Crippen LogP contribution in [-0.4, -0.2) is 40.1 Å². The standard InChI is InChI=1S/C13H17N3O3/c1-8-6-16(7-9(8)2)13(19)15-10-4-3-5-14-11(10)12(17)18/h3-5,8-9H,6-7H2,1-2H3,(H,15,19)(H,17,18). The third-order valence-electron chi connectivity index (χ3n) is 3.53. The fourth-order valence-electron chi connectivity index (χ4n) is 2.17. The van der Waals surface area contributed by atoms with Crippen molar-refractivity contribution in [3.05, 3.63) is 24.0 Å². The number of amides is 2. The van der Waals surface area contributed by atoms with Gasteiger partial charge in [0.1, 0.15) is 0 Å². The lowest BCUT2D eigenvalue weighted by atomic mass is 10.0. The number of nitrogens with one attached hydrogen (secondary N) is 1. The minimum atomic E-state index is -1.15. The van der Waals surface area contributed by atoms with Gasteiger partial charge in [-0.1, -0.05) is 13.8 Å². The SMILES string of the molecule is CC1CN(C(=O)Nc2cccnc2C(=O)O)CC1C. The molecule has 2 unspecified atom stereocenters. The summed E-state index contributed by atoms with van der Waals surface area (Å²) in [5.41, 5.74) is 0.0864. The molecule has 1 fully saturated rings. The molecule has 6 heteroatoms. The largest absolute Gasteiger partial charge is 0.476 e. The Labute approximate surface area is 111 Å². The van der Waals surface area contributed by atoms with Crippen LogP contribution in [0.1, 0.15) is 24.3 Å². The minimum Gasteiger partial charge on any atom is -0.476 e. The predicted molar refractivity (Wildman–Crippen MR) is 70.1 cm³/mol. The van der Waals surface area contributed by atoms with Gasteiger partial charge in [-0.15, -0.1) is 0 Å². The molecule has 0 saturated carbocycles. The first kappa shape index (κ1) is 13.3. The van der Waals surface area contributed by atoms with Gasteiger partial charge in [-0.2, -0.15) is 0 Å². The number of carbonyl (C=O) groups excluding carboxylic acids is 1. The molecule has 102 valence electrons. The highest BCUT2D eigenvalue weighted by Gasteiger charge is 2.29. The van der Waals surface area contributed by atoms with Gasteiger partial charge in [0, 0.05) is 19.3 Å². The number of nitrogens with zero attached hydrogens (tertiary/aromatic N) is 2. The zero-order valence-corrected chi connectivity index (χ0v) is 11.0. The number of pyridine rings is 1. The summed E-state index contributed by atoms with van der Waals surface area (Å²) < 4.78 is 0. The van der Waals surface area contributed by atoms with Crippen molar-refractivity contribution in [2.24, 2.45) is 11.8 Å². The summed E-state index contributed by atoms with van der Waals surface area (Å²) in [6.07, 6.45) is 1.39. The molecule has 1 aliphatic rings. The number of urea groups is 1. The fraction of sp³-hybridized carbons (Fsp3) is 0.462. The Morgan fingerprint density at radius 1 is 1.37 bits per heavy atom.